The highest BCUT2D eigenvalue weighted by Crippen LogP contribution is 2.26. The van der Waals surface area contributed by atoms with Gasteiger partial charge in [-0.1, -0.05) is 37.5 Å². The molecule has 4 rings (SSSR count). The number of carbonyl (C=O) groups excluding carboxylic acids is 1. The molecule has 0 unspecified atom stereocenters. The lowest BCUT2D eigenvalue weighted by Gasteiger charge is -2.29. The monoisotopic (exact) mass is 346 g/mol. The standard InChI is InChI=1S/C21H22N4O/c26-21(19-14-23-17-10-4-5-11-18(17)24-19)25(20-12-6-7-13-22-20)15-16-8-2-1-3-9-16/h4-7,10-14,16H,1-3,8-9,15H2. The molecule has 3 aromatic rings. The van der Waals surface area contributed by atoms with Gasteiger partial charge in [0.15, 0.2) is 0 Å². The van der Waals surface area contributed by atoms with Crippen LogP contribution >= 0.6 is 0 Å². The van der Waals surface area contributed by atoms with Crippen LogP contribution in [-0.2, 0) is 0 Å². The maximum Gasteiger partial charge on any atom is 0.279 e. The van der Waals surface area contributed by atoms with Crippen molar-refractivity contribution >= 4 is 22.8 Å². The van der Waals surface area contributed by atoms with Crippen LogP contribution in [0.2, 0.25) is 0 Å². The molecular weight excluding hydrogens is 324 g/mol. The van der Waals surface area contributed by atoms with E-state index in [1.807, 2.05) is 42.5 Å². The Balaban J connectivity index is 1.65. The number of hydrogen-bond acceptors (Lipinski definition) is 4. The fourth-order valence-corrected chi connectivity index (χ4v) is 3.62. The number of amides is 1. The number of nitrogens with zero attached hydrogens (tertiary/aromatic N) is 4. The lowest BCUT2D eigenvalue weighted by Crippen LogP contribution is -2.37. The molecule has 26 heavy (non-hydrogen) atoms. The van der Waals surface area contributed by atoms with Gasteiger partial charge in [0.2, 0.25) is 0 Å². The SMILES string of the molecule is O=C(c1cnc2ccccc2n1)N(CC1CCCCC1)c1ccccn1. The van der Waals surface area contributed by atoms with Gasteiger partial charge in [0.1, 0.15) is 11.5 Å². The van der Waals surface area contributed by atoms with E-state index in [0.717, 1.165) is 11.0 Å². The van der Waals surface area contributed by atoms with Crippen molar-refractivity contribution in [3.05, 3.63) is 60.6 Å². The molecule has 1 fully saturated rings. The molecule has 0 bridgehead atoms. The zero-order valence-corrected chi connectivity index (χ0v) is 14.7. The topological polar surface area (TPSA) is 59.0 Å². The smallest absolute Gasteiger partial charge is 0.279 e. The van der Waals surface area contributed by atoms with Gasteiger partial charge in [0.25, 0.3) is 5.91 Å². The van der Waals surface area contributed by atoms with Gasteiger partial charge in [0.05, 0.1) is 17.2 Å². The van der Waals surface area contributed by atoms with Crippen molar-refractivity contribution in [3.63, 3.8) is 0 Å². The predicted octanol–water partition coefficient (Wildman–Crippen LogP) is 4.25. The molecule has 5 heteroatoms. The van der Waals surface area contributed by atoms with Crippen molar-refractivity contribution in [2.24, 2.45) is 5.92 Å². The molecule has 132 valence electrons. The van der Waals surface area contributed by atoms with E-state index in [4.69, 9.17) is 0 Å². The molecule has 1 aliphatic carbocycles. The van der Waals surface area contributed by atoms with Gasteiger partial charge in [-0.3, -0.25) is 14.7 Å². The minimum atomic E-state index is -0.132. The van der Waals surface area contributed by atoms with E-state index in [1.54, 1.807) is 17.3 Å². The largest absolute Gasteiger partial charge is 0.291 e. The average Bonchev–Trinajstić information content (AvgIpc) is 2.72. The quantitative estimate of drug-likeness (QED) is 0.708. The van der Waals surface area contributed by atoms with E-state index in [9.17, 15) is 4.79 Å². The van der Waals surface area contributed by atoms with Crippen LogP contribution in [0.3, 0.4) is 0 Å². The predicted molar refractivity (Wildman–Crippen MR) is 102 cm³/mol. The summed E-state index contributed by atoms with van der Waals surface area (Å²) < 4.78 is 0. The van der Waals surface area contributed by atoms with E-state index in [1.165, 1.54) is 32.1 Å². The number of anilines is 1. The molecule has 0 spiro atoms. The Morgan fingerprint density at radius 2 is 1.73 bits per heavy atom. The molecule has 5 nitrogen and oxygen atoms in total. The van der Waals surface area contributed by atoms with Crippen LogP contribution in [0.4, 0.5) is 5.82 Å². The van der Waals surface area contributed by atoms with Crippen LogP contribution in [0.15, 0.2) is 54.9 Å². The van der Waals surface area contributed by atoms with E-state index in [0.29, 0.717) is 24.0 Å². The van der Waals surface area contributed by atoms with Gasteiger partial charge in [-0.15, -0.1) is 0 Å². The molecule has 0 radical (unpaired) electrons. The summed E-state index contributed by atoms with van der Waals surface area (Å²) in [5.41, 5.74) is 1.89. The summed E-state index contributed by atoms with van der Waals surface area (Å²) in [5, 5.41) is 0. The Bertz CT molecular complexity index is 891. The molecule has 0 aliphatic heterocycles. The van der Waals surface area contributed by atoms with Gasteiger partial charge >= 0.3 is 0 Å². The fraction of sp³-hybridized carbons (Fsp3) is 0.333. The summed E-state index contributed by atoms with van der Waals surface area (Å²) in [5.74, 6) is 1.06. The van der Waals surface area contributed by atoms with Gasteiger partial charge < -0.3 is 0 Å². The maximum atomic E-state index is 13.2. The summed E-state index contributed by atoms with van der Waals surface area (Å²) >= 11 is 0. The van der Waals surface area contributed by atoms with Crippen LogP contribution in [0.5, 0.6) is 0 Å². The second-order valence-electron chi connectivity index (χ2n) is 6.85. The molecule has 0 N–H and O–H groups in total. The van der Waals surface area contributed by atoms with Gasteiger partial charge in [-0.25, -0.2) is 9.97 Å². The third-order valence-corrected chi connectivity index (χ3v) is 5.00. The van der Waals surface area contributed by atoms with E-state index in [2.05, 4.69) is 15.0 Å². The molecule has 1 aromatic carbocycles. The second-order valence-corrected chi connectivity index (χ2v) is 6.85. The highest BCUT2D eigenvalue weighted by molar-refractivity contribution is 6.04. The number of para-hydroxylation sites is 2. The third-order valence-electron chi connectivity index (χ3n) is 5.00. The molecule has 1 aliphatic rings. The molecule has 1 amide bonds. The molecule has 2 heterocycles. The number of benzene rings is 1. The number of rotatable bonds is 4. The van der Waals surface area contributed by atoms with Crippen molar-refractivity contribution in [3.8, 4) is 0 Å². The van der Waals surface area contributed by atoms with Crippen molar-refractivity contribution < 1.29 is 4.79 Å². The molecule has 0 atom stereocenters. The summed E-state index contributed by atoms with van der Waals surface area (Å²) in [6.07, 6.45) is 9.41. The lowest BCUT2D eigenvalue weighted by atomic mass is 9.89. The first-order chi connectivity index (χ1) is 12.8. The van der Waals surface area contributed by atoms with Crippen molar-refractivity contribution in [2.75, 3.05) is 11.4 Å². The zero-order valence-electron chi connectivity index (χ0n) is 14.7. The second kappa shape index (κ2) is 7.60. The summed E-state index contributed by atoms with van der Waals surface area (Å²) in [7, 11) is 0. The summed E-state index contributed by atoms with van der Waals surface area (Å²) in [6.45, 7) is 0.685. The van der Waals surface area contributed by atoms with Gasteiger partial charge in [-0.05, 0) is 43.0 Å². The lowest BCUT2D eigenvalue weighted by molar-refractivity contribution is 0.0974. The van der Waals surface area contributed by atoms with Crippen LogP contribution in [0.1, 0.15) is 42.6 Å². The molecular formula is C21H22N4O. The number of hydrogen-bond donors (Lipinski definition) is 0. The first-order valence-corrected chi connectivity index (χ1v) is 9.26. The molecule has 2 aromatic heterocycles. The fourth-order valence-electron chi connectivity index (χ4n) is 3.62. The Hall–Kier alpha value is -2.82. The minimum Gasteiger partial charge on any atom is -0.291 e. The first kappa shape index (κ1) is 16.6. The minimum absolute atomic E-state index is 0.132. The van der Waals surface area contributed by atoms with Gasteiger partial charge in [0, 0.05) is 12.7 Å². The van der Waals surface area contributed by atoms with E-state index in [-0.39, 0.29) is 5.91 Å². The number of carbonyl (C=O) groups is 1. The third kappa shape index (κ3) is 3.57. The summed E-state index contributed by atoms with van der Waals surface area (Å²) in [6, 6.07) is 13.3. The Labute approximate surface area is 153 Å². The van der Waals surface area contributed by atoms with E-state index >= 15 is 0 Å². The highest BCUT2D eigenvalue weighted by Gasteiger charge is 2.25. The van der Waals surface area contributed by atoms with Crippen LogP contribution in [-0.4, -0.2) is 27.4 Å². The number of aromatic nitrogens is 3. The zero-order chi connectivity index (χ0) is 17.8. The van der Waals surface area contributed by atoms with Crippen LogP contribution in [0.25, 0.3) is 11.0 Å². The average molecular weight is 346 g/mol. The maximum absolute atomic E-state index is 13.2. The highest BCUT2D eigenvalue weighted by atomic mass is 16.2. The van der Waals surface area contributed by atoms with Crippen LogP contribution in [0, 0.1) is 5.92 Å². The number of fused-ring (bicyclic) bond motifs is 1. The van der Waals surface area contributed by atoms with Crippen molar-refractivity contribution in [1.29, 1.82) is 0 Å². The Morgan fingerprint density at radius 3 is 2.50 bits per heavy atom. The van der Waals surface area contributed by atoms with Crippen molar-refractivity contribution in [1.82, 2.24) is 15.0 Å². The van der Waals surface area contributed by atoms with Crippen molar-refractivity contribution in [2.45, 2.75) is 32.1 Å². The number of pyridine rings is 1. The van der Waals surface area contributed by atoms with E-state index < -0.39 is 0 Å². The first-order valence-electron chi connectivity index (χ1n) is 9.26. The normalized spacial score (nSPS) is 15.1. The Morgan fingerprint density at radius 1 is 0.962 bits per heavy atom. The van der Waals surface area contributed by atoms with Crippen LogP contribution < -0.4 is 4.90 Å². The molecule has 1 saturated carbocycles. The summed E-state index contributed by atoms with van der Waals surface area (Å²) in [4.78, 5) is 28.4. The Kier molecular flexibility index (Phi) is 4.86. The van der Waals surface area contributed by atoms with Gasteiger partial charge in [-0.2, -0.15) is 0 Å². The molecule has 0 saturated heterocycles.